The van der Waals surface area contributed by atoms with E-state index >= 15 is 0 Å². The Morgan fingerprint density at radius 1 is 1.14 bits per heavy atom. The Bertz CT molecular complexity index is 1030. The van der Waals surface area contributed by atoms with E-state index in [-0.39, 0.29) is 5.88 Å². The summed E-state index contributed by atoms with van der Waals surface area (Å²) in [5, 5.41) is 11.4. The molecule has 0 bridgehead atoms. The average Bonchev–Trinajstić information content (AvgIpc) is 2.99. The topological polar surface area (TPSA) is 92.9 Å². The first kappa shape index (κ1) is 19.8. The molecule has 0 aliphatic rings. The van der Waals surface area contributed by atoms with E-state index in [0.29, 0.717) is 23.5 Å². The van der Waals surface area contributed by atoms with Crippen molar-refractivity contribution in [1.82, 2.24) is 4.98 Å². The first-order chi connectivity index (χ1) is 13.3. The van der Waals surface area contributed by atoms with Gasteiger partial charge in [0, 0.05) is 17.0 Å². The van der Waals surface area contributed by atoms with Gasteiger partial charge < -0.3 is 25.3 Å². The molecular weight excluding hydrogens is 354 g/mol. The molecule has 0 saturated carbocycles. The summed E-state index contributed by atoms with van der Waals surface area (Å²) in [6, 6.07) is 11.5. The van der Waals surface area contributed by atoms with E-state index in [4.69, 9.17) is 20.2 Å². The number of H-pyrrole nitrogens is 1. The molecule has 0 saturated heterocycles. The number of aromatic amines is 1. The van der Waals surface area contributed by atoms with Crippen molar-refractivity contribution in [2.45, 2.75) is 32.7 Å². The minimum Gasteiger partial charge on any atom is -0.494 e. The van der Waals surface area contributed by atoms with Crippen LogP contribution in [0.3, 0.4) is 0 Å². The highest BCUT2D eigenvalue weighted by Gasteiger charge is 2.19. The molecule has 2 aromatic carbocycles. The maximum absolute atomic E-state index is 10.6. The predicted octanol–water partition coefficient (Wildman–Crippen LogP) is 4.62. The second kappa shape index (κ2) is 7.56. The summed E-state index contributed by atoms with van der Waals surface area (Å²) in [4.78, 5) is 7.82. The number of nitrogens with two attached hydrogens (primary N) is 1. The number of aromatic hydroxyl groups is 1. The predicted molar refractivity (Wildman–Crippen MR) is 113 cm³/mol. The van der Waals surface area contributed by atoms with Gasteiger partial charge in [-0.2, -0.15) is 0 Å². The standard InChI is InChI=1S/C22H27N3O3/c1-6-16(24-14-9-7-8-13(10-14)22(2,3)23)20-15-11-18(27-4)19(28-5)12-17(15)25-21(20)26/h7-12,25-26H,6,23H2,1-5H3. The second-order valence-electron chi connectivity index (χ2n) is 7.29. The quantitative estimate of drug-likeness (QED) is 0.543. The van der Waals surface area contributed by atoms with E-state index in [2.05, 4.69) is 4.98 Å². The molecule has 0 amide bonds. The number of ether oxygens (including phenoxy) is 2. The van der Waals surface area contributed by atoms with Gasteiger partial charge in [0.05, 0.1) is 36.7 Å². The summed E-state index contributed by atoms with van der Waals surface area (Å²) in [5.41, 5.74) is 9.74. The number of nitrogens with one attached hydrogen (secondary N) is 1. The molecule has 3 aromatic rings. The van der Waals surface area contributed by atoms with Crippen molar-refractivity contribution in [3.05, 3.63) is 47.5 Å². The van der Waals surface area contributed by atoms with Gasteiger partial charge in [-0.05, 0) is 44.0 Å². The maximum Gasteiger partial charge on any atom is 0.198 e. The van der Waals surface area contributed by atoms with Crippen LogP contribution in [-0.4, -0.2) is 30.0 Å². The molecule has 0 radical (unpaired) electrons. The largest absolute Gasteiger partial charge is 0.494 e. The summed E-state index contributed by atoms with van der Waals surface area (Å²) in [6.07, 6.45) is 0.644. The Morgan fingerprint density at radius 2 is 1.82 bits per heavy atom. The SMILES string of the molecule is CCC(=Nc1cccc(C(C)(C)N)c1)c1c(O)[nH]c2cc(OC)c(OC)cc12. The molecule has 148 valence electrons. The molecular formula is C22H27N3O3. The highest BCUT2D eigenvalue weighted by atomic mass is 16.5. The zero-order valence-electron chi connectivity index (χ0n) is 17.0. The summed E-state index contributed by atoms with van der Waals surface area (Å²) in [6.45, 7) is 5.93. The van der Waals surface area contributed by atoms with Gasteiger partial charge >= 0.3 is 0 Å². The average molecular weight is 381 g/mol. The first-order valence-electron chi connectivity index (χ1n) is 9.22. The van der Waals surface area contributed by atoms with E-state index in [1.54, 1.807) is 14.2 Å². The van der Waals surface area contributed by atoms with Crippen molar-refractivity contribution in [3.63, 3.8) is 0 Å². The molecule has 4 N–H and O–H groups in total. The number of fused-ring (bicyclic) bond motifs is 1. The summed E-state index contributed by atoms with van der Waals surface area (Å²) in [7, 11) is 3.17. The molecule has 0 spiro atoms. The molecule has 0 aliphatic heterocycles. The third-order valence-electron chi connectivity index (χ3n) is 4.76. The number of rotatable bonds is 6. The Kier molecular flexibility index (Phi) is 5.34. The Hall–Kier alpha value is -2.99. The van der Waals surface area contributed by atoms with Crippen LogP contribution in [0, 0.1) is 0 Å². The monoisotopic (exact) mass is 381 g/mol. The van der Waals surface area contributed by atoms with Crippen molar-refractivity contribution >= 4 is 22.3 Å². The summed E-state index contributed by atoms with van der Waals surface area (Å²) < 4.78 is 10.8. The lowest BCUT2D eigenvalue weighted by molar-refractivity contribution is 0.356. The second-order valence-corrected chi connectivity index (χ2v) is 7.29. The van der Waals surface area contributed by atoms with Crippen molar-refractivity contribution in [3.8, 4) is 17.4 Å². The van der Waals surface area contributed by atoms with Crippen LogP contribution >= 0.6 is 0 Å². The Labute approximate surface area is 165 Å². The van der Waals surface area contributed by atoms with Crippen LogP contribution in [0.15, 0.2) is 41.4 Å². The van der Waals surface area contributed by atoms with E-state index < -0.39 is 5.54 Å². The molecule has 0 atom stereocenters. The third kappa shape index (κ3) is 3.68. The highest BCUT2D eigenvalue weighted by molar-refractivity contribution is 6.14. The smallest absolute Gasteiger partial charge is 0.198 e. The van der Waals surface area contributed by atoms with Crippen molar-refractivity contribution < 1.29 is 14.6 Å². The molecule has 1 heterocycles. The molecule has 0 aliphatic carbocycles. The number of hydrogen-bond acceptors (Lipinski definition) is 5. The van der Waals surface area contributed by atoms with Gasteiger partial charge in [0.15, 0.2) is 17.4 Å². The van der Waals surface area contributed by atoms with Crippen LogP contribution in [0.5, 0.6) is 17.4 Å². The van der Waals surface area contributed by atoms with E-state index in [9.17, 15) is 5.11 Å². The maximum atomic E-state index is 10.6. The van der Waals surface area contributed by atoms with Crippen LogP contribution in [-0.2, 0) is 5.54 Å². The van der Waals surface area contributed by atoms with Gasteiger partial charge in [0.25, 0.3) is 0 Å². The van der Waals surface area contributed by atoms with Crippen LogP contribution < -0.4 is 15.2 Å². The van der Waals surface area contributed by atoms with Crippen LogP contribution in [0.4, 0.5) is 5.69 Å². The molecule has 1 aromatic heterocycles. The summed E-state index contributed by atoms with van der Waals surface area (Å²) in [5.74, 6) is 1.26. The van der Waals surface area contributed by atoms with Gasteiger partial charge in [0.2, 0.25) is 0 Å². The number of methoxy groups -OCH3 is 2. The number of aromatic nitrogens is 1. The summed E-state index contributed by atoms with van der Waals surface area (Å²) >= 11 is 0. The molecule has 6 nitrogen and oxygen atoms in total. The minimum atomic E-state index is -0.454. The lowest BCUT2D eigenvalue weighted by atomic mass is 9.95. The molecule has 3 rings (SSSR count). The van der Waals surface area contributed by atoms with E-state index in [1.807, 2.05) is 57.2 Å². The number of aliphatic imine (C=N–C) groups is 1. The lowest BCUT2D eigenvalue weighted by Crippen LogP contribution is -2.28. The van der Waals surface area contributed by atoms with Crippen molar-refractivity contribution in [2.75, 3.05) is 14.2 Å². The number of nitrogens with zero attached hydrogens (tertiary/aromatic N) is 1. The normalized spacial score (nSPS) is 12.4. The van der Waals surface area contributed by atoms with Crippen molar-refractivity contribution in [1.29, 1.82) is 0 Å². The van der Waals surface area contributed by atoms with Crippen LogP contribution in [0.25, 0.3) is 10.9 Å². The highest BCUT2D eigenvalue weighted by Crippen LogP contribution is 2.37. The van der Waals surface area contributed by atoms with Crippen molar-refractivity contribution in [2.24, 2.45) is 10.7 Å². The number of hydrogen-bond donors (Lipinski definition) is 3. The number of benzene rings is 2. The fourth-order valence-corrected chi connectivity index (χ4v) is 3.24. The zero-order valence-corrected chi connectivity index (χ0v) is 17.0. The third-order valence-corrected chi connectivity index (χ3v) is 4.76. The fraction of sp³-hybridized carbons (Fsp3) is 0.318. The zero-order chi connectivity index (χ0) is 20.5. The molecule has 0 fully saturated rings. The fourth-order valence-electron chi connectivity index (χ4n) is 3.24. The Balaban J connectivity index is 2.16. The lowest BCUT2D eigenvalue weighted by Gasteiger charge is -2.19. The van der Waals surface area contributed by atoms with Gasteiger partial charge in [0.1, 0.15) is 0 Å². The van der Waals surface area contributed by atoms with E-state index in [0.717, 1.165) is 27.9 Å². The van der Waals surface area contributed by atoms with Gasteiger partial charge in [-0.25, -0.2) is 0 Å². The van der Waals surface area contributed by atoms with Crippen LogP contribution in [0.2, 0.25) is 0 Å². The Morgan fingerprint density at radius 3 is 2.43 bits per heavy atom. The van der Waals surface area contributed by atoms with Gasteiger partial charge in [-0.15, -0.1) is 0 Å². The molecule has 0 unspecified atom stereocenters. The van der Waals surface area contributed by atoms with Gasteiger partial charge in [-0.3, -0.25) is 4.99 Å². The van der Waals surface area contributed by atoms with Crippen LogP contribution in [0.1, 0.15) is 38.3 Å². The van der Waals surface area contributed by atoms with E-state index in [1.165, 1.54) is 0 Å². The molecule has 28 heavy (non-hydrogen) atoms. The minimum absolute atomic E-state index is 0.0706. The first-order valence-corrected chi connectivity index (χ1v) is 9.22. The van der Waals surface area contributed by atoms with Gasteiger partial charge in [-0.1, -0.05) is 19.1 Å². The molecule has 6 heteroatoms.